The van der Waals surface area contributed by atoms with Gasteiger partial charge in [-0.15, -0.1) is 0 Å². The summed E-state index contributed by atoms with van der Waals surface area (Å²) in [6, 6.07) is 15.5. The Kier molecular flexibility index (Phi) is 2.92. The zero-order valence-electron chi connectivity index (χ0n) is 9.77. The SMILES string of the molecule is O=C(c1ccccc1)N1CCc2cc(Br)ccc21. The van der Waals surface area contributed by atoms with Crippen molar-refractivity contribution < 1.29 is 4.79 Å². The second-order valence-electron chi connectivity index (χ2n) is 4.35. The third-order valence-corrected chi connectivity index (χ3v) is 3.70. The maximum Gasteiger partial charge on any atom is 0.258 e. The predicted molar refractivity (Wildman–Crippen MR) is 76.0 cm³/mol. The van der Waals surface area contributed by atoms with E-state index in [1.165, 1.54) is 5.56 Å². The molecule has 0 radical (unpaired) electrons. The number of hydrogen-bond donors (Lipinski definition) is 0. The summed E-state index contributed by atoms with van der Waals surface area (Å²) in [4.78, 5) is 14.3. The first kappa shape index (κ1) is 11.5. The normalized spacial score (nSPS) is 13.5. The van der Waals surface area contributed by atoms with E-state index in [0.717, 1.165) is 28.7 Å². The Hall–Kier alpha value is -1.61. The average Bonchev–Trinajstić information content (AvgIpc) is 2.81. The molecule has 0 unspecified atom stereocenters. The topological polar surface area (TPSA) is 20.3 Å². The lowest BCUT2D eigenvalue weighted by molar-refractivity contribution is 0.0989. The number of carbonyl (C=O) groups is 1. The minimum atomic E-state index is 0.0803. The van der Waals surface area contributed by atoms with E-state index in [0.29, 0.717) is 0 Å². The monoisotopic (exact) mass is 301 g/mol. The van der Waals surface area contributed by atoms with Gasteiger partial charge >= 0.3 is 0 Å². The van der Waals surface area contributed by atoms with Gasteiger partial charge in [-0.05, 0) is 42.3 Å². The summed E-state index contributed by atoms with van der Waals surface area (Å²) in [5.41, 5.74) is 3.01. The van der Waals surface area contributed by atoms with Crippen molar-refractivity contribution in [1.29, 1.82) is 0 Å². The van der Waals surface area contributed by atoms with E-state index in [2.05, 4.69) is 22.0 Å². The molecular weight excluding hydrogens is 290 g/mol. The van der Waals surface area contributed by atoms with Crippen LogP contribution < -0.4 is 4.90 Å². The maximum atomic E-state index is 12.4. The van der Waals surface area contributed by atoms with Crippen LogP contribution in [0, 0.1) is 0 Å². The molecule has 2 aromatic rings. The van der Waals surface area contributed by atoms with Gasteiger partial charge in [-0.25, -0.2) is 0 Å². The molecule has 0 aliphatic carbocycles. The molecule has 0 fully saturated rings. The summed E-state index contributed by atoms with van der Waals surface area (Å²) in [5.74, 6) is 0.0803. The molecule has 1 amide bonds. The lowest BCUT2D eigenvalue weighted by Crippen LogP contribution is -2.28. The molecule has 0 spiro atoms. The number of carbonyl (C=O) groups excluding carboxylic acids is 1. The second-order valence-corrected chi connectivity index (χ2v) is 5.26. The summed E-state index contributed by atoms with van der Waals surface area (Å²) in [6.45, 7) is 0.763. The van der Waals surface area contributed by atoms with Gasteiger partial charge < -0.3 is 4.90 Å². The molecule has 1 heterocycles. The van der Waals surface area contributed by atoms with Crippen molar-refractivity contribution in [3.8, 4) is 0 Å². The first-order chi connectivity index (χ1) is 8.75. The van der Waals surface area contributed by atoms with Gasteiger partial charge in [0.1, 0.15) is 0 Å². The second kappa shape index (κ2) is 4.58. The molecule has 3 rings (SSSR count). The largest absolute Gasteiger partial charge is 0.308 e. The molecule has 3 heteroatoms. The summed E-state index contributed by atoms with van der Waals surface area (Å²) < 4.78 is 1.07. The van der Waals surface area contributed by atoms with Crippen LogP contribution in [0.5, 0.6) is 0 Å². The smallest absolute Gasteiger partial charge is 0.258 e. The molecule has 90 valence electrons. The third-order valence-electron chi connectivity index (χ3n) is 3.20. The molecule has 1 aliphatic rings. The van der Waals surface area contributed by atoms with Crippen LogP contribution in [0.15, 0.2) is 53.0 Å². The minimum Gasteiger partial charge on any atom is -0.308 e. The fourth-order valence-corrected chi connectivity index (χ4v) is 2.73. The Morgan fingerprint density at radius 3 is 2.67 bits per heavy atom. The highest BCUT2D eigenvalue weighted by Gasteiger charge is 2.25. The van der Waals surface area contributed by atoms with Gasteiger partial charge in [-0.2, -0.15) is 0 Å². The summed E-state index contributed by atoms with van der Waals surface area (Å²) in [7, 11) is 0. The van der Waals surface area contributed by atoms with Gasteiger partial charge in [-0.1, -0.05) is 34.1 Å². The number of rotatable bonds is 1. The van der Waals surface area contributed by atoms with Crippen LogP contribution in [0.1, 0.15) is 15.9 Å². The van der Waals surface area contributed by atoms with E-state index in [9.17, 15) is 4.79 Å². The Bertz CT molecular complexity index is 595. The first-order valence-corrected chi connectivity index (χ1v) is 6.70. The number of halogens is 1. The number of amides is 1. The standard InChI is InChI=1S/C15H12BrNO/c16-13-6-7-14-12(10-13)8-9-17(14)15(18)11-4-2-1-3-5-11/h1-7,10H,8-9H2. The molecular formula is C15H12BrNO. The fraction of sp³-hybridized carbons (Fsp3) is 0.133. The average molecular weight is 302 g/mol. The van der Waals surface area contributed by atoms with Gasteiger partial charge in [0.25, 0.3) is 5.91 Å². The highest BCUT2D eigenvalue weighted by atomic mass is 79.9. The van der Waals surface area contributed by atoms with Gasteiger partial charge in [0.2, 0.25) is 0 Å². The molecule has 0 aromatic heterocycles. The Labute approximate surface area is 114 Å². The van der Waals surface area contributed by atoms with Crippen LogP contribution in [0.3, 0.4) is 0 Å². The van der Waals surface area contributed by atoms with Crippen LogP contribution in [0.2, 0.25) is 0 Å². The number of benzene rings is 2. The van der Waals surface area contributed by atoms with Crippen molar-refractivity contribution in [1.82, 2.24) is 0 Å². The molecule has 2 aromatic carbocycles. The number of anilines is 1. The van der Waals surface area contributed by atoms with Crippen LogP contribution in [0.4, 0.5) is 5.69 Å². The Morgan fingerprint density at radius 2 is 1.89 bits per heavy atom. The van der Waals surface area contributed by atoms with E-state index in [-0.39, 0.29) is 5.91 Å². The summed E-state index contributed by atoms with van der Waals surface area (Å²) >= 11 is 3.46. The Morgan fingerprint density at radius 1 is 1.11 bits per heavy atom. The van der Waals surface area contributed by atoms with Crippen LogP contribution >= 0.6 is 15.9 Å². The van der Waals surface area contributed by atoms with E-state index in [4.69, 9.17) is 0 Å². The van der Waals surface area contributed by atoms with Gasteiger partial charge in [-0.3, -0.25) is 4.79 Å². The minimum absolute atomic E-state index is 0.0803. The molecule has 0 saturated carbocycles. The molecule has 18 heavy (non-hydrogen) atoms. The van der Waals surface area contributed by atoms with E-state index >= 15 is 0 Å². The zero-order chi connectivity index (χ0) is 12.5. The van der Waals surface area contributed by atoms with Crippen molar-refractivity contribution >= 4 is 27.5 Å². The third kappa shape index (κ3) is 1.95. The van der Waals surface area contributed by atoms with Crippen LogP contribution in [0.25, 0.3) is 0 Å². The molecule has 2 nitrogen and oxygen atoms in total. The highest BCUT2D eigenvalue weighted by molar-refractivity contribution is 9.10. The predicted octanol–water partition coefficient (Wildman–Crippen LogP) is 3.65. The Balaban J connectivity index is 1.95. The van der Waals surface area contributed by atoms with Crippen molar-refractivity contribution in [3.63, 3.8) is 0 Å². The van der Waals surface area contributed by atoms with Gasteiger partial charge in [0.15, 0.2) is 0 Å². The maximum absolute atomic E-state index is 12.4. The summed E-state index contributed by atoms with van der Waals surface area (Å²) in [6.07, 6.45) is 0.924. The fourth-order valence-electron chi connectivity index (χ4n) is 2.32. The quantitative estimate of drug-likeness (QED) is 0.787. The summed E-state index contributed by atoms with van der Waals surface area (Å²) in [5, 5.41) is 0. The van der Waals surface area contributed by atoms with E-state index in [1.54, 1.807) is 0 Å². The number of hydrogen-bond acceptors (Lipinski definition) is 1. The zero-order valence-corrected chi connectivity index (χ0v) is 11.4. The lowest BCUT2D eigenvalue weighted by Gasteiger charge is -2.17. The van der Waals surface area contributed by atoms with Gasteiger partial charge in [0, 0.05) is 22.3 Å². The van der Waals surface area contributed by atoms with Crippen molar-refractivity contribution in [3.05, 3.63) is 64.1 Å². The molecule has 1 aliphatic heterocycles. The molecule has 0 bridgehead atoms. The van der Waals surface area contributed by atoms with Crippen LogP contribution in [-0.2, 0) is 6.42 Å². The van der Waals surface area contributed by atoms with Crippen LogP contribution in [-0.4, -0.2) is 12.5 Å². The lowest BCUT2D eigenvalue weighted by atomic mass is 10.1. The van der Waals surface area contributed by atoms with Crippen molar-refractivity contribution in [2.75, 3.05) is 11.4 Å². The molecule has 0 saturated heterocycles. The molecule has 0 atom stereocenters. The van der Waals surface area contributed by atoms with Gasteiger partial charge in [0.05, 0.1) is 0 Å². The highest BCUT2D eigenvalue weighted by Crippen LogP contribution is 2.31. The van der Waals surface area contributed by atoms with Crippen molar-refractivity contribution in [2.45, 2.75) is 6.42 Å². The van der Waals surface area contributed by atoms with Crippen molar-refractivity contribution in [2.24, 2.45) is 0 Å². The molecule has 0 N–H and O–H groups in total. The van der Waals surface area contributed by atoms with E-state index in [1.807, 2.05) is 47.4 Å². The number of nitrogens with zero attached hydrogens (tertiary/aromatic N) is 1. The number of fused-ring (bicyclic) bond motifs is 1. The van der Waals surface area contributed by atoms with E-state index < -0.39 is 0 Å². The first-order valence-electron chi connectivity index (χ1n) is 5.91.